The average molecular weight is 598 g/mol. The first-order valence-electron chi connectivity index (χ1n) is 14.5. The number of ether oxygens (including phenoxy) is 3. The normalized spacial score (nSPS) is 12.6. The van der Waals surface area contributed by atoms with Gasteiger partial charge in [-0.3, -0.25) is 14.4 Å². The van der Waals surface area contributed by atoms with Crippen LogP contribution < -0.4 is 30.6 Å². The number of aromatic nitrogens is 1. The molecule has 0 saturated carbocycles. The Morgan fingerprint density at radius 3 is 2.21 bits per heavy atom. The lowest BCUT2D eigenvalue weighted by atomic mass is 10.1. The molecule has 3 amide bonds. The van der Waals surface area contributed by atoms with Crippen molar-refractivity contribution in [2.45, 2.75) is 78.6 Å². The highest BCUT2D eigenvalue weighted by atomic mass is 16.5. The summed E-state index contributed by atoms with van der Waals surface area (Å²) in [5.41, 5.74) is 6.53. The minimum absolute atomic E-state index is 0.0471. The fraction of sp³-hybridized carbons (Fsp3) is 0.484. The van der Waals surface area contributed by atoms with Crippen LogP contribution in [0.2, 0.25) is 0 Å². The second-order valence-corrected chi connectivity index (χ2v) is 10.9. The number of hydrogen-bond donors (Lipinski definition) is 3. The van der Waals surface area contributed by atoms with E-state index in [1.165, 1.54) is 6.92 Å². The number of rotatable bonds is 15. The summed E-state index contributed by atoms with van der Waals surface area (Å²) in [4.78, 5) is 39.0. The van der Waals surface area contributed by atoms with Crippen LogP contribution in [-0.4, -0.2) is 72.3 Å². The zero-order valence-corrected chi connectivity index (χ0v) is 25.9. The van der Waals surface area contributed by atoms with Gasteiger partial charge >= 0.3 is 0 Å². The highest BCUT2D eigenvalue weighted by molar-refractivity contribution is 6.02. The number of nitrogens with two attached hydrogens (primary N) is 1. The molecule has 1 heterocycles. The van der Waals surface area contributed by atoms with Gasteiger partial charge in [0.05, 0.1) is 31.8 Å². The summed E-state index contributed by atoms with van der Waals surface area (Å²) >= 11 is 0. The summed E-state index contributed by atoms with van der Waals surface area (Å²) in [5, 5.41) is 9.72. The average Bonchev–Trinajstić information content (AvgIpc) is 3.35. The van der Waals surface area contributed by atoms with Gasteiger partial charge in [-0.25, -0.2) is 0 Å². The van der Waals surface area contributed by atoms with Crippen molar-refractivity contribution in [3.8, 4) is 17.2 Å². The van der Waals surface area contributed by atoms with Crippen molar-refractivity contribution in [2.75, 3.05) is 25.6 Å². The van der Waals surface area contributed by atoms with E-state index >= 15 is 0 Å². The van der Waals surface area contributed by atoms with Crippen LogP contribution >= 0.6 is 0 Å². The Morgan fingerprint density at radius 1 is 0.907 bits per heavy atom. The van der Waals surface area contributed by atoms with Crippen molar-refractivity contribution in [3.63, 3.8) is 0 Å². The lowest BCUT2D eigenvalue weighted by Gasteiger charge is -2.31. The largest absolute Gasteiger partial charge is 0.493 e. The van der Waals surface area contributed by atoms with E-state index in [1.54, 1.807) is 50.4 Å². The van der Waals surface area contributed by atoms with E-state index in [0.717, 1.165) is 12.8 Å². The SMILES string of the molecule is COc1cc(C(=O)N(C(C)C)C(C)C)ccc1OCCCCOc1ccc2c(NC(=O)C(C)NC(=O)C(C)N)noc2c1. The van der Waals surface area contributed by atoms with Crippen LogP contribution in [0, 0.1) is 0 Å². The number of amides is 3. The first-order chi connectivity index (χ1) is 20.4. The molecule has 12 heteroatoms. The Morgan fingerprint density at radius 2 is 1.58 bits per heavy atom. The predicted octanol–water partition coefficient (Wildman–Crippen LogP) is 4.12. The topological polar surface area (TPSA) is 158 Å². The zero-order chi connectivity index (χ0) is 31.7. The second-order valence-electron chi connectivity index (χ2n) is 10.9. The predicted molar refractivity (Wildman–Crippen MR) is 164 cm³/mol. The van der Waals surface area contributed by atoms with Crippen LogP contribution in [0.25, 0.3) is 11.0 Å². The van der Waals surface area contributed by atoms with Gasteiger partial charge in [0, 0.05) is 23.7 Å². The Hall–Kier alpha value is -4.32. The van der Waals surface area contributed by atoms with E-state index in [4.69, 9.17) is 24.5 Å². The molecule has 1 aromatic heterocycles. The fourth-order valence-corrected chi connectivity index (χ4v) is 4.44. The molecule has 0 aliphatic heterocycles. The first kappa shape index (κ1) is 33.2. The van der Waals surface area contributed by atoms with Crippen LogP contribution in [-0.2, 0) is 9.59 Å². The van der Waals surface area contributed by atoms with Crippen molar-refractivity contribution in [2.24, 2.45) is 5.73 Å². The molecule has 0 spiro atoms. The number of nitrogens with one attached hydrogen (secondary N) is 2. The Balaban J connectivity index is 1.47. The van der Waals surface area contributed by atoms with Crippen molar-refractivity contribution >= 4 is 34.5 Å². The molecule has 234 valence electrons. The third-order valence-corrected chi connectivity index (χ3v) is 6.67. The van der Waals surface area contributed by atoms with E-state index in [-0.39, 0.29) is 23.8 Å². The van der Waals surface area contributed by atoms with Gasteiger partial charge in [0.25, 0.3) is 5.91 Å². The number of fused-ring (bicyclic) bond motifs is 1. The molecular weight excluding hydrogens is 554 g/mol. The lowest BCUT2D eigenvalue weighted by Crippen LogP contribution is -2.47. The standard InChI is InChI=1S/C31H43N5O7/c1-18(2)36(19(3)4)31(39)22-10-13-25(27(16-22)40-7)42-15-9-8-14-41-23-11-12-24-26(17-23)43-35-28(24)34-30(38)21(6)33-29(37)20(5)32/h10-13,16-21H,8-9,14-15,32H2,1-7H3,(H,33,37)(H,34,35,38). The minimum atomic E-state index is -0.799. The van der Waals surface area contributed by atoms with E-state index in [9.17, 15) is 14.4 Å². The molecule has 2 aromatic carbocycles. The van der Waals surface area contributed by atoms with Gasteiger partial charge in [-0.1, -0.05) is 5.16 Å². The maximum absolute atomic E-state index is 13.0. The summed E-state index contributed by atoms with van der Waals surface area (Å²) in [7, 11) is 1.55. The van der Waals surface area contributed by atoms with Crippen molar-refractivity contribution in [1.82, 2.24) is 15.4 Å². The number of methoxy groups -OCH3 is 1. The van der Waals surface area contributed by atoms with E-state index in [1.807, 2.05) is 32.6 Å². The number of hydrogen-bond acceptors (Lipinski definition) is 9. The fourth-order valence-electron chi connectivity index (χ4n) is 4.44. The Kier molecular flexibility index (Phi) is 11.8. The number of benzene rings is 2. The summed E-state index contributed by atoms with van der Waals surface area (Å²) in [6.07, 6.45) is 1.47. The maximum Gasteiger partial charge on any atom is 0.254 e. The van der Waals surface area contributed by atoms with Crippen LogP contribution in [0.15, 0.2) is 40.9 Å². The third kappa shape index (κ3) is 8.84. The van der Waals surface area contributed by atoms with Gasteiger partial charge in [0.1, 0.15) is 11.8 Å². The van der Waals surface area contributed by atoms with Gasteiger partial charge in [-0.2, -0.15) is 0 Å². The van der Waals surface area contributed by atoms with Crippen molar-refractivity contribution in [3.05, 3.63) is 42.0 Å². The van der Waals surface area contributed by atoms with Gasteiger partial charge in [0.15, 0.2) is 22.9 Å². The zero-order valence-electron chi connectivity index (χ0n) is 25.9. The lowest BCUT2D eigenvalue weighted by molar-refractivity contribution is -0.126. The van der Waals surface area contributed by atoms with Crippen molar-refractivity contribution in [1.29, 1.82) is 0 Å². The first-order valence-corrected chi connectivity index (χ1v) is 14.5. The number of unbranched alkanes of at least 4 members (excludes halogenated alkanes) is 1. The molecular formula is C31H43N5O7. The van der Waals surface area contributed by atoms with Crippen LogP contribution in [0.5, 0.6) is 17.2 Å². The summed E-state index contributed by atoms with van der Waals surface area (Å²) in [6.45, 7) is 12.0. The van der Waals surface area contributed by atoms with E-state index in [2.05, 4.69) is 15.8 Å². The highest BCUT2D eigenvalue weighted by Crippen LogP contribution is 2.30. The van der Waals surface area contributed by atoms with Crippen LogP contribution in [0.1, 0.15) is 64.7 Å². The maximum atomic E-state index is 13.0. The Labute approximate surface area is 252 Å². The van der Waals surface area contributed by atoms with Gasteiger partial charge in [0.2, 0.25) is 11.8 Å². The summed E-state index contributed by atoms with van der Waals surface area (Å²) < 4.78 is 22.6. The van der Waals surface area contributed by atoms with E-state index in [0.29, 0.717) is 47.0 Å². The highest BCUT2D eigenvalue weighted by Gasteiger charge is 2.23. The number of carbonyl (C=O) groups is 3. The monoisotopic (exact) mass is 597 g/mol. The summed E-state index contributed by atoms with van der Waals surface area (Å²) in [6, 6.07) is 9.09. The molecule has 2 atom stereocenters. The van der Waals surface area contributed by atoms with Crippen LogP contribution in [0.3, 0.4) is 0 Å². The molecule has 12 nitrogen and oxygen atoms in total. The third-order valence-electron chi connectivity index (χ3n) is 6.67. The van der Waals surface area contributed by atoms with Gasteiger partial charge in [-0.05, 0) is 84.7 Å². The van der Waals surface area contributed by atoms with Gasteiger partial charge < -0.3 is 40.0 Å². The molecule has 0 aliphatic carbocycles. The molecule has 3 rings (SSSR count). The molecule has 0 saturated heterocycles. The molecule has 0 radical (unpaired) electrons. The van der Waals surface area contributed by atoms with Gasteiger partial charge in [-0.15, -0.1) is 0 Å². The molecule has 0 aliphatic rings. The van der Waals surface area contributed by atoms with Crippen LogP contribution in [0.4, 0.5) is 5.82 Å². The molecule has 0 fully saturated rings. The number of carbonyl (C=O) groups excluding carboxylic acids is 3. The minimum Gasteiger partial charge on any atom is -0.493 e. The molecule has 0 bridgehead atoms. The molecule has 3 aromatic rings. The quantitative estimate of drug-likeness (QED) is 0.219. The second kappa shape index (κ2) is 15.2. The molecule has 4 N–H and O–H groups in total. The molecule has 43 heavy (non-hydrogen) atoms. The van der Waals surface area contributed by atoms with E-state index < -0.39 is 23.9 Å². The Bertz CT molecular complexity index is 1390. The number of nitrogens with zero attached hydrogens (tertiary/aromatic N) is 2. The van der Waals surface area contributed by atoms with Crippen molar-refractivity contribution < 1.29 is 33.1 Å². The number of anilines is 1. The summed E-state index contributed by atoms with van der Waals surface area (Å²) in [5.74, 6) is 1.00. The molecule has 2 unspecified atom stereocenters. The smallest absolute Gasteiger partial charge is 0.254 e.